The van der Waals surface area contributed by atoms with Gasteiger partial charge >= 0.3 is 5.97 Å². The molecule has 1 N–H and O–H groups in total. The number of Topliss-reactive ketones (excluding diaryl/α,β-unsaturated/α-hetero) is 1. The number of ketones is 1. The van der Waals surface area contributed by atoms with Crippen LogP contribution in [0.5, 0.6) is 0 Å². The quantitative estimate of drug-likeness (QED) is 0.216. The Morgan fingerprint density at radius 3 is 2.13 bits per heavy atom. The Kier molecular flexibility index (Phi) is 14.8. The molecule has 9 nitrogen and oxygen atoms in total. The van der Waals surface area contributed by atoms with Gasteiger partial charge in [0.15, 0.2) is 0 Å². The van der Waals surface area contributed by atoms with Crippen molar-refractivity contribution in [1.29, 1.82) is 0 Å². The summed E-state index contributed by atoms with van der Waals surface area (Å²) < 4.78 is 5.08. The van der Waals surface area contributed by atoms with Gasteiger partial charge in [-0.2, -0.15) is 0 Å². The van der Waals surface area contributed by atoms with E-state index in [1.807, 2.05) is 65.6 Å². The van der Waals surface area contributed by atoms with E-state index in [1.54, 1.807) is 16.7 Å². The Bertz CT molecular complexity index is 1500. The molecule has 2 unspecified atom stereocenters. The molecule has 5 rings (SSSR count). The fourth-order valence-electron chi connectivity index (χ4n) is 8.12. The molecule has 282 valence electrons. The Balaban J connectivity index is 1.34. The van der Waals surface area contributed by atoms with Gasteiger partial charge in [-0.15, -0.1) is 11.8 Å². The van der Waals surface area contributed by atoms with Crippen molar-refractivity contribution in [2.75, 3.05) is 26.0 Å². The molecule has 0 spiro atoms. The van der Waals surface area contributed by atoms with E-state index in [0.717, 1.165) is 42.6 Å². The number of thioether (sulfide) groups is 1. The van der Waals surface area contributed by atoms with Crippen LogP contribution in [-0.2, 0) is 41.6 Å². The van der Waals surface area contributed by atoms with Crippen molar-refractivity contribution in [3.05, 3.63) is 71.8 Å². The van der Waals surface area contributed by atoms with Crippen LogP contribution in [0, 0.1) is 23.7 Å². The number of amides is 3. The Hall–Kier alpha value is -3.66. The highest BCUT2D eigenvalue weighted by Crippen LogP contribution is 2.38. The van der Waals surface area contributed by atoms with Crippen LogP contribution < -0.4 is 5.32 Å². The third-order valence-electron chi connectivity index (χ3n) is 10.9. The summed E-state index contributed by atoms with van der Waals surface area (Å²) in [5, 5.41) is 3.07. The topological polar surface area (TPSA) is 113 Å². The zero-order chi connectivity index (χ0) is 37.0. The van der Waals surface area contributed by atoms with Crippen molar-refractivity contribution in [3.8, 4) is 0 Å². The summed E-state index contributed by atoms with van der Waals surface area (Å²) in [5.41, 5.74) is 2.06. The third kappa shape index (κ3) is 10.7. The Labute approximate surface area is 314 Å². The molecule has 0 radical (unpaired) electrons. The molecule has 3 aliphatic rings. The molecule has 3 heterocycles. The normalized spacial score (nSPS) is 23.6. The highest BCUT2D eigenvalue weighted by atomic mass is 32.2. The van der Waals surface area contributed by atoms with Gasteiger partial charge in [0, 0.05) is 37.3 Å². The fourth-order valence-corrected chi connectivity index (χ4v) is 9.56. The number of piperidine rings is 1. The zero-order valence-corrected chi connectivity index (χ0v) is 32.0. The first-order valence-electron chi connectivity index (χ1n) is 19.4. The van der Waals surface area contributed by atoms with E-state index in [4.69, 9.17) is 4.74 Å². The number of methoxy groups -OCH3 is 1. The molecule has 2 aromatic rings. The van der Waals surface area contributed by atoms with Crippen LogP contribution in [0.4, 0.5) is 0 Å². The molecular formula is C42H57N3O6S. The minimum atomic E-state index is -0.616. The third-order valence-corrected chi connectivity index (χ3v) is 12.2. The van der Waals surface area contributed by atoms with Crippen LogP contribution in [0.3, 0.4) is 0 Å². The van der Waals surface area contributed by atoms with Crippen LogP contribution in [0.25, 0.3) is 0 Å². The average molecular weight is 732 g/mol. The van der Waals surface area contributed by atoms with Gasteiger partial charge in [0.05, 0.1) is 12.5 Å². The van der Waals surface area contributed by atoms with Crippen molar-refractivity contribution < 1.29 is 28.7 Å². The predicted octanol–water partition coefficient (Wildman–Crippen LogP) is 6.23. The number of nitrogens with zero attached hydrogens (tertiary/aromatic N) is 2. The molecule has 0 aliphatic carbocycles. The minimum absolute atomic E-state index is 0.00763. The average Bonchev–Trinajstić information content (AvgIpc) is 3.41. The number of benzene rings is 2. The molecule has 3 saturated heterocycles. The van der Waals surface area contributed by atoms with E-state index < -0.39 is 35.8 Å². The summed E-state index contributed by atoms with van der Waals surface area (Å²) >= 11 is 1.70. The van der Waals surface area contributed by atoms with E-state index in [1.165, 1.54) is 7.11 Å². The summed E-state index contributed by atoms with van der Waals surface area (Å²) in [4.78, 5) is 72.5. The van der Waals surface area contributed by atoms with Gasteiger partial charge < -0.3 is 19.9 Å². The molecule has 0 aromatic heterocycles. The lowest BCUT2D eigenvalue weighted by molar-refractivity contribution is -0.157. The molecule has 10 heteroatoms. The Morgan fingerprint density at radius 1 is 0.827 bits per heavy atom. The lowest BCUT2D eigenvalue weighted by Crippen LogP contribution is -2.53. The molecule has 3 aliphatic heterocycles. The van der Waals surface area contributed by atoms with Crippen molar-refractivity contribution >= 4 is 41.2 Å². The first-order valence-corrected chi connectivity index (χ1v) is 20.4. The molecular weight excluding hydrogens is 675 g/mol. The van der Waals surface area contributed by atoms with Crippen molar-refractivity contribution in [1.82, 2.24) is 15.1 Å². The highest BCUT2D eigenvalue weighted by Gasteiger charge is 2.44. The number of carbonyl (C=O) groups is 5. The number of likely N-dealkylation sites (tertiary alicyclic amines) is 1. The smallest absolute Gasteiger partial charge is 0.328 e. The largest absolute Gasteiger partial charge is 0.467 e. The van der Waals surface area contributed by atoms with Crippen LogP contribution in [0.1, 0.15) is 89.2 Å². The number of nitrogens with one attached hydrogen (secondary N) is 1. The summed E-state index contributed by atoms with van der Waals surface area (Å²) in [6, 6.07) is 18.6. The van der Waals surface area contributed by atoms with Gasteiger partial charge in [0.1, 0.15) is 17.9 Å². The van der Waals surface area contributed by atoms with E-state index in [9.17, 15) is 24.0 Å². The maximum absolute atomic E-state index is 14.3. The standard InChI is InChI=1S/C42H57N3O6S/c1-29(2)28-44-23-11-10-17-35(41(44)49)43-39(47)33(26-31-15-8-5-9-16-31)21-20-32(25-30-13-6-4-7-14-30)37(46)27-34-22-24-52-38-19-12-18-36(42(50)51-3)45(38)40(34)48/h4-9,13-16,29,32-36,38H,10-12,17-28H2,1-3H3,(H,43,47)/t32-,33-,34+,35?,36-,38?/m0/s1. The SMILES string of the molecule is COC(=O)[C@@H]1CCCC2SCC[C@H](CC(=O)[C@@H](CC[C@@H](Cc3ccccc3)C(=O)NC3CCCCN(CC(C)C)C3=O)Cc3ccccc3)C(=O)N21. The van der Waals surface area contributed by atoms with Gasteiger partial charge in [-0.25, -0.2) is 4.79 Å². The first kappa shape index (κ1) is 39.5. The van der Waals surface area contributed by atoms with E-state index in [0.29, 0.717) is 64.0 Å². The van der Waals surface area contributed by atoms with E-state index in [2.05, 4.69) is 19.2 Å². The minimum Gasteiger partial charge on any atom is -0.467 e. The second-order valence-electron chi connectivity index (χ2n) is 15.3. The van der Waals surface area contributed by atoms with Crippen molar-refractivity contribution in [2.45, 2.75) is 108 Å². The summed E-state index contributed by atoms with van der Waals surface area (Å²) in [5.74, 6) is -0.924. The van der Waals surface area contributed by atoms with Gasteiger partial charge in [0.2, 0.25) is 17.7 Å². The predicted molar refractivity (Wildman–Crippen MR) is 204 cm³/mol. The van der Waals surface area contributed by atoms with Crippen molar-refractivity contribution in [2.24, 2.45) is 23.7 Å². The van der Waals surface area contributed by atoms with Gasteiger partial charge in [-0.05, 0) is 93.4 Å². The Morgan fingerprint density at radius 2 is 1.48 bits per heavy atom. The summed E-state index contributed by atoms with van der Waals surface area (Å²) in [6.07, 6.45) is 7.30. The van der Waals surface area contributed by atoms with E-state index >= 15 is 0 Å². The lowest BCUT2D eigenvalue weighted by Gasteiger charge is -2.40. The molecule has 52 heavy (non-hydrogen) atoms. The molecule has 3 amide bonds. The van der Waals surface area contributed by atoms with Crippen molar-refractivity contribution in [3.63, 3.8) is 0 Å². The highest BCUT2D eigenvalue weighted by molar-refractivity contribution is 7.99. The second-order valence-corrected chi connectivity index (χ2v) is 16.6. The maximum Gasteiger partial charge on any atom is 0.328 e. The molecule has 6 atom stereocenters. The second kappa shape index (κ2) is 19.4. The number of hydrogen-bond donors (Lipinski definition) is 1. The lowest BCUT2D eigenvalue weighted by atomic mass is 9.82. The van der Waals surface area contributed by atoms with E-state index in [-0.39, 0.29) is 35.3 Å². The number of hydrogen-bond acceptors (Lipinski definition) is 7. The first-order chi connectivity index (χ1) is 25.1. The van der Waals surface area contributed by atoms with Crippen LogP contribution >= 0.6 is 11.8 Å². The summed E-state index contributed by atoms with van der Waals surface area (Å²) in [7, 11) is 1.36. The molecule has 3 fully saturated rings. The zero-order valence-electron chi connectivity index (χ0n) is 31.2. The van der Waals surface area contributed by atoms with Crippen LogP contribution in [-0.4, -0.2) is 82.7 Å². The number of rotatable bonds is 15. The van der Waals surface area contributed by atoms with Gasteiger partial charge in [-0.1, -0.05) is 74.5 Å². The van der Waals surface area contributed by atoms with Gasteiger partial charge in [-0.3, -0.25) is 19.2 Å². The summed E-state index contributed by atoms with van der Waals surface area (Å²) in [6.45, 7) is 5.59. The number of esters is 1. The van der Waals surface area contributed by atoms with Crippen LogP contribution in [0.2, 0.25) is 0 Å². The molecule has 2 aromatic carbocycles. The van der Waals surface area contributed by atoms with Gasteiger partial charge in [0.25, 0.3) is 0 Å². The van der Waals surface area contributed by atoms with Crippen LogP contribution in [0.15, 0.2) is 60.7 Å². The monoisotopic (exact) mass is 731 g/mol. The molecule has 0 bridgehead atoms. The number of ether oxygens (including phenoxy) is 1. The number of fused-ring (bicyclic) bond motifs is 1. The number of carbonyl (C=O) groups excluding carboxylic acids is 5. The molecule has 0 saturated carbocycles. The fraction of sp³-hybridized carbons (Fsp3) is 0.595. The maximum atomic E-state index is 14.3.